The van der Waals surface area contributed by atoms with Crippen molar-refractivity contribution in [1.29, 1.82) is 0 Å². The fourth-order valence-electron chi connectivity index (χ4n) is 1.96. The van der Waals surface area contributed by atoms with Crippen LogP contribution in [0.5, 0.6) is 0 Å². The molecule has 1 fully saturated rings. The molecule has 0 saturated carbocycles. The quantitative estimate of drug-likeness (QED) is 0.781. The van der Waals surface area contributed by atoms with Crippen molar-refractivity contribution in [3.8, 4) is 0 Å². The summed E-state index contributed by atoms with van der Waals surface area (Å²) in [7, 11) is 0. The summed E-state index contributed by atoms with van der Waals surface area (Å²) in [5, 5.41) is 3.68. The molecule has 0 radical (unpaired) electrons. The molecule has 16 heavy (non-hydrogen) atoms. The van der Waals surface area contributed by atoms with E-state index in [0.29, 0.717) is 17.5 Å². The third-order valence-corrected chi connectivity index (χ3v) is 3.73. The minimum atomic E-state index is 0.210. The second-order valence-corrected chi connectivity index (χ2v) is 6.03. The number of hydrogen-bond acceptors (Lipinski definition) is 2. The van der Waals surface area contributed by atoms with Crippen molar-refractivity contribution in [2.45, 2.75) is 59.5 Å². The number of nitrogens with zero attached hydrogens (tertiary/aromatic N) is 1. The lowest BCUT2D eigenvalue weighted by molar-refractivity contribution is -0.129. The van der Waals surface area contributed by atoms with Crippen molar-refractivity contribution in [3.63, 3.8) is 0 Å². The highest BCUT2D eigenvalue weighted by molar-refractivity contribution is 5.73. The van der Waals surface area contributed by atoms with Crippen LogP contribution in [0.1, 0.15) is 47.5 Å². The molecule has 1 heterocycles. The van der Waals surface area contributed by atoms with Gasteiger partial charge < -0.3 is 10.2 Å². The van der Waals surface area contributed by atoms with E-state index in [9.17, 15) is 4.79 Å². The zero-order valence-corrected chi connectivity index (χ0v) is 11.3. The predicted molar refractivity (Wildman–Crippen MR) is 67.3 cm³/mol. The number of rotatable bonds is 2. The first-order chi connectivity index (χ1) is 7.30. The van der Waals surface area contributed by atoms with Crippen LogP contribution in [-0.2, 0) is 4.79 Å². The van der Waals surface area contributed by atoms with Gasteiger partial charge in [-0.25, -0.2) is 0 Å². The summed E-state index contributed by atoms with van der Waals surface area (Å²) in [6, 6.07) is 1.09. The second-order valence-electron chi connectivity index (χ2n) is 6.03. The van der Waals surface area contributed by atoms with Crippen molar-refractivity contribution in [1.82, 2.24) is 10.2 Å². The van der Waals surface area contributed by atoms with Gasteiger partial charge in [0.15, 0.2) is 0 Å². The van der Waals surface area contributed by atoms with E-state index in [1.54, 1.807) is 6.92 Å². The second kappa shape index (κ2) is 5.17. The first kappa shape index (κ1) is 13.5. The van der Waals surface area contributed by atoms with E-state index in [0.717, 1.165) is 25.9 Å². The Morgan fingerprint density at radius 2 is 1.81 bits per heavy atom. The predicted octanol–water partition coefficient (Wildman–Crippen LogP) is 2.02. The molecule has 0 bridgehead atoms. The Bertz CT molecular complexity index is 237. The molecule has 94 valence electrons. The van der Waals surface area contributed by atoms with E-state index < -0.39 is 0 Å². The summed E-state index contributed by atoms with van der Waals surface area (Å²) in [6.45, 7) is 12.5. The maximum absolute atomic E-state index is 11.2. The number of carbonyl (C=O) groups is 1. The standard InChI is InChI=1S/C13H26N2O/c1-10(13(3,4)5)14-12-6-8-15(9-7-12)11(2)16/h10,12,14H,6-9H2,1-5H3. The highest BCUT2D eigenvalue weighted by atomic mass is 16.2. The molecule has 0 aromatic carbocycles. The third-order valence-electron chi connectivity index (χ3n) is 3.73. The summed E-state index contributed by atoms with van der Waals surface area (Å²) < 4.78 is 0. The number of hydrogen-bond donors (Lipinski definition) is 1. The average molecular weight is 226 g/mol. The van der Waals surface area contributed by atoms with Crippen LogP contribution in [0.25, 0.3) is 0 Å². The van der Waals surface area contributed by atoms with E-state index in [4.69, 9.17) is 0 Å². The minimum Gasteiger partial charge on any atom is -0.343 e. The maximum atomic E-state index is 11.2. The molecule has 1 aliphatic heterocycles. The van der Waals surface area contributed by atoms with Crippen LogP contribution in [0.2, 0.25) is 0 Å². The summed E-state index contributed by atoms with van der Waals surface area (Å²) in [6.07, 6.45) is 2.17. The van der Waals surface area contributed by atoms with Crippen LogP contribution >= 0.6 is 0 Å². The first-order valence-electron chi connectivity index (χ1n) is 6.32. The van der Waals surface area contributed by atoms with Gasteiger partial charge in [0.2, 0.25) is 5.91 Å². The molecule has 3 heteroatoms. The molecule has 1 amide bonds. The van der Waals surface area contributed by atoms with Crippen LogP contribution in [0.15, 0.2) is 0 Å². The van der Waals surface area contributed by atoms with Gasteiger partial charge >= 0.3 is 0 Å². The van der Waals surface area contributed by atoms with E-state index in [2.05, 4.69) is 33.0 Å². The number of carbonyl (C=O) groups excluding carboxylic acids is 1. The summed E-state index contributed by atoms with van der Waals surface area (Å²) in [5.74, 6) is 0.210. The van der Waals surface area contributed by atoms with Gasteiger partial charge in [-0.1, -0.05) is 20.8 Å². The van der Waals surface area contributed by atoms with Crippen molar-refractivity contribution in [2.24, 2.45) is 5.41 Å². The van der Waals surface area contributed by atoms with Crippen LogP contribution in [0.3, 0.4) is 0 Å². The van der Waals surface area contributed by atoms with Crippen molar-refractivity contribution in [3.05, 3.63) is 0 Å². The number of amides is 1. The van der Waals surface area contributed by atoms with Crippen molar-refractivity contribution in [2.75, 3.05) is 13.1 Å². The zero-order valence-electron chi connectivity index (χ0n) is 11.3. The zero-order chi connectivity index (χ0) is 12.3. The van der Waals surface area contributed by atoms with E-state index in [1.165, 1.54) is 0 Å². The highest BCUT2D eigenvalue weighted by Crippen LogP contribution is 2.21. The minimum absolute atomic E-state index is 0.210. The van der Waals surface area contributed by atoms with Crippen molar-refractivity contribution >= 4 is 5.91 Å². The fourth-order valence-corrected chi connectivity index (χ4v) is 1.96. The monoisotopic (exact) mass is 226 g/mol. The number of likely N-dealkylation sites (tertiary alicyclic amines) is 1. The average Bonchev–Trinajstić information content (AvgIpc) is 2.17. The van der Waals surface area contributed by atoms with Crippen LogP contribution in [0, 0.1) is 5.41 Å². The molecule has 1 aliphatic rings. The molecule has 1 atom stereocenters. The molecule has 1 rings (SSSR count). The molecular weight excluding hydrogens is 200 g/mol. The van der Waals surface area contributed by atoms with Crippen LogP contribution < -0.4 is 5.32 Å². The van der Waals surface area contributed by atoms with Gasteiger partial charge in [-0.2, -0.15) is 0 Å². The Kier molecular flexibility index (Phi) is 4.36. The molecular formula is C13H26N2O. The molecule has 1 saturated heterocycles. The van der Waals surface area contributed by atoms with Gasteiger partial charge in [0.05, 0.1) is 0 Å². The number of piperidine rings is 1. The maximum Gasteiger partial charge on any atom is 0.219 e. The van der Waals surface area contributed by atoms with Crippen LogP contribution in [0.4, 0.5) is 0 Å². The van der Waals surface area contributed by atoms with Gasteiger partial charge in [-0.15, -0.1) is 0 Å². The topological polar surface area (TPSA) is 32.3 Å². The molecule has 0 aliphatic carbocycles. The lowest BCUT2D eigenvalue weighted by atomic mass is 9.87. The summed E-state index contributed by atoms with van der Waals surface area (Å²) in [4.78, 5) is 13.1. The highest BCUT2D eigenvalue weighted by Gasteiger charge is 2.26. The van der Waals surface area contributed by atoms with Gasteiger partial charge in [0, 0.05) is 32.1 Å². The Balaban J connectivity index is 2.35. The molecule has 3 nitrogen and oxygen atoms in total. The Morgan fingerprint density at radius 1 is 1.31 bits per heavy atom. The van der Waals surface area contributed by atoms with Gasteiger partial charge in [0.1, 0.15) is 0 Å². The first-order valence-corrected chi connectivity index (χ1v) is 6.32. The molecule has 1 N–H and O–H groups in total. The van der Waals surface area contributed by atoms with Crippen LogP contribution in [-0.4, -0.2) is 36.0 Å². The summed E-state index contributed by atoms with van der Waals surface area (Å²) in [5.41, 5.74) is 0.303. The molecule has 0 spiro atoms. The van der Waals surface area contributed by atoms with Crippen molar-refractivity contribution < 1.29 is 4.79 Å². The van der Waals surface area contributed by atoms with Gasteiger partial charge in [-0.05, 0) is 25.2 Å². The van der Waals surface area contributed by atoms with Gasteiger partial charge in [0.25, 0.3) is 0 Å². The smallest absolute Gasteiger partial charge is 0.219 e. The largest absolute Gasteiger partial charge is 0.343 e. The summed E-state index contributed by atoms with van der Waals surface area (Å²) >= 11 is 0. The third kappa shape index (κ3) is 3.78. The Hall–Kier alpha value is -0.570. The number of nitrogens with one attached hydrogen (secondary N) is 1. The Labute approximate surface area is 99.6 Å². The molecule has 0 aromatic heterocycles. The van der Waals surface area contributed by atoms with Gasteiger partial charge in [-0.3, -0.25) is 4.79 Å². The van der Waals surface area contributed by atoms with E-state index >= 15 is 0 Å². The normalized spacial score (nSPS) is 20.9. The lowest BCUT2D eigenvalue weighted by Gasteiger charge is -2.37. The fraction of sp³-hybridized carbons (Fsp3) is 0.923. The SMILES string of the molecule is CC(=O)N1CCC(NC(C)C(C)(C)C)CC1. The molecule has 1 unspecified atom stereocenters. The Morgan fingerprint density at radius 3 is 2.19 bits per heavy atom. The lowest BCUT2D eigenvalue weighted by Crippen LogP contribution is -2.49. The van der Waals surface area contributed by atoms with E-state index in [1.807, 2.05) is 4.90 Å². The molecule has 0 aromatic rings. The van der Waals surface area contributed by atoms with E-state index in [-0.39, 0.29) is 5.91 Å².